The predicted molar refractivity (Wildman–Crippen MR) is 105 cm³/mol. The summed E-state index contributed by atoms with van der Waals surface area (Å²) < 4.78 is 42.8. The summed E-state index contributed by atoms with van der Waals surface area (Å²) in [7, 11) is 0. The zero-order valence-electron chi connectivity index (χ0n) is 16.4. The molecule has 0 aliphatic heterocycles. The van der Waals surface area contributed by atoms with Crippen molar-refractivity contribution in [3.8, 4) is 0 Å². The number of carbonyl (C=O) groups is 4. The predicted octanol–water partition coefficient (Wildman–Crippen LogP) is 3.81. The Morgan fingerprint density at radius 1 is 0.871 bits per heavy atom. The molecule has 2 aromatic rings. The molecule has 0 heterocycles. The van der Waals surface area contributed by atoms with E-state index in [2.05, 4.69) is 10.6 Å². The molecule has 164 valence electrons. The molecule has 2 N–H and O–H groups in total. The smallest absolute Gasteiger partial charge is 0.416 e. The van der Waals surface area contributed by atoms with Gasteiger partial charge in [-0.1, -0.05) is 18.2 Å². The van der Waals surface area contributed by atoms with Gasteiger partial charge in [-0.15, -0.1) is 0 Å². The van der Waals surface area contributed by atoms with Gasteiger partial charge in [-0.2, -0.15) is 13.2 Å². The maximum Gasteiger partial charge on any atom is 0.416 e. The second-order valence-electron chi connectivity index (χ2n) is 6.47. The van der Waals surface area contributed by atoms with Gasteiger partial charge in [-0.05, 0) is 37.3 Å². The maximum atomic E-state index is 12.7. The van der Waals surface area contributed by atoms with E-state index in [-0.39, 0.29) is 24.3 Å². The zero-order valence-corrected chi connectivity index (χ0v) is 16.4. The first-order valence-electron chi connectivity index (χ1n) is 9.08. The zero-order chi connectivity index (χ0) is 23.0. The summed E-state index contributed by atoms with van der Waals surface area (Å²) in [6.45, 7) is 0.782. The van der Waals surface area contributed by atoms with Crippen LogP contribution in [0.3, 0.4) is 0 Å². The van der Waals surface area contributed by atoms with Crippen LogP contribution in [0.4, 0.5) is 24.5 Å². The molecule has 0 aliphatic rings. The van der Waals surface area contributed by atoms with Crippen molar-refractivity contribution in [3.05, 3.63) is 59.7 Å². The fourth-order valence-electron chi connectivity index (χ4n) is 2.44. The maximum absolute atomic E-state index is 12.7. The summed E-state index contributed by atoms with van der Waals surface area (Å²) in [6.07, 6.45) is -5.24. The standard InChI is InChI=1S/C21H19F3N2O5/c1-13(27)14-4-2-6-16(10-14)26-19(29)12-31-20(30)9-8-18(28)25-17-7-3-5-15(11-17)21(22,23)24/h2-7,10-11H,8-9,12H2,1H3,(H,25,28)(H,26,29). The number of carbonyl (C=O) groups excluding carboxylic acids is 4. The van der Waals surface area contributed by atoms with Crippen molar-refractivity contribution in [3.63, 3.8) is 0 Å². The molecular formula is C21H19F3N2O5. The third-order valence-electron chi connectivity index (χ3n) is 3.95. The van der Waals surface area contributed by atoms with Crippen molar-refractivity contribution in [2.45, 2.75) is 25.9 Å². The lowest BCUT2D eigenvalue weighted by Crippen LogP contribution is -2.22. The summed E-state index contributed by atoms with van der Waals surface area (Å²) in [5.74, 6) is -2.32. The topological polar surface area (TPSA) is 102 Å². The lowest BCUT2D eigenvalue weighted by molar-refractivity contribution is -0.147. The van der Waals surface area contributed by atoms with Crippen molar-refractivity contribution in [1.82, 2.24) is 0 Å². The van der Waals surface area contributed by atoms with E-state index in [1.165, 1.54) is 19.1 Å². The highest BCUT2D eigenvalue weighted by Crippen LogP contribution is 2.30. The highest BCUT2D eigenvalue weighted by molar-refractivity contribution is 5.98. The number of amides is 2. The Kier molecular flexibility index (Phi) is 7.89. The van der Waals surface area contributed by atoms with E-state index < -0.39 is 36.1 Å². The number of alkyl halides is 3. The van der Waals surface area contributed by atoms with Crippen LogP contribution in [0, 0.1) is 0 Å². The van der Waals surface area contributed by atoms with Gasteiger partial charge >= 0.3 is 12.1 Å². The van der Waals surface area contributed by atoms with Crippen molar-refractivity contribution in [2.24, 2.45) is 0 Å². The number of hydrogen-bond acceptors (Lipinski definition) is 5. The Bertz CT molecular complexity index is 989. The van der Waals surface area contributed by atoms with Crippen LogP contribution in [-0.2, 0) is 25.3 Å². The average Bonchev–Trinajstić information content (AvgIpc) is 2.70. The van der Waals surface area contributed by atoms with Gasteiger partial charge in [0.05, 0.1) is 12.0 Å². The van der Waals surface area contributed by atoms with Crippen LogP contribution in [0.5, 0.6) is 0 Å². The molecule has 0 unspecified atom stereocenters. The van der Waals surface area contributed by atoms with Crippen LogP contribution >= 0.6 is 0 Å². The first-order chi connectivity index (χ1) is 14.5. The van der Waals surface area contributed by atoms with E-state index in [1.54, 1.807) is 18.2 Å². The molecule has 0 fully saturated rings. The molecule has 7 nitrogen and oxygen atoms in total. The first kappa shape index (κ1) is 23.6. The lowest BCUT2D eigenvalue weighted by Gasteiger charge is -2.10. The molecule has 31 heavy (non-hydrogen) atoms. The number of esters is 1. The molecule has 0 radical (unpaired) electrons. The second kappa shape index (κ2) is 10.4. The summed E-state index contributed by atoms with van der Waals surface area (Å²) in [6, 6.07) is 10.3. The Hall–Kier alpha value is -3.69. The van der Waals surface area contributed by atoms with Gasteiger partial charge in [-0.3, -0.25) is 19.2 Å². The largest absolute Gasteiger partial charge is 0.456 e. The minimum atomic E-state index is -4.54. The van der Waals surface area contributed by atoms with Gasteiger partial charge in [0.1, 0.15) is 0 Å². The number of anilines is 2. The number of rotatable bonds is 8. The molecular weight excluding hydrogens is 417 g/mol. The van der Waals surface area contributed by atoms with Crippen LogP contribution in [0.25, 0.3) is 0 Å². The number of benzene rings is 2. The molecule has 0 bridgehead atoms. The van der Waals surface area contributed by atoms with Crippen molar-refractivity contribution >= 4 is 34.9 Å². The monoisotopic (exact) mass is 436 g/mol. The van der Waals surface area contributed by atoms with E-state index in [9.17, 15) is 32.3 Å². The quantitative estimate of drug-likeness (QED) is 0.484. The van der Waals surface area contributed by atoms with Crippen LogP contribution in [0.15, 0.2) is 48.5 Å². The lowest BCUT2D eigenvalue weighted by atomic mass is 10.1. The molecule has 2 rings (SSSR count). The number of ketones is 1. The van der Waals surface area contributed by atoms with E-state index in [0.29, 0.717) is 11.3 Å². The molecule has 2 aromatic carbocycles. The SMILES string of the molecule is CC(=O)c1cccc(NC(=O)COC(=O)CCC(=O)Nc2cccc(C(F)(F)F)c2)c1. The summed E-state index contributed by atoms with van der Waals surface area (Å²) in [5, 5.41) is 4.74. The van der Waals surface area contributed by atoms with Gasteiger partial charge in [0.25, 0.3) is 5.91 Å². The van der Waals surface area contributed by atoms with Gasteiger partial charge in [0.2, 0.25) is 5.91 Å². The van der Waals surface area contributed by atoms with Crippen molar-refractivity contribution in [1.29, 1.82) is 0 Å². The Morgan fingerprint density at radius 3 is 2.13 bits per heavy atom. The first-order valence-corrected chi connectivity index (χ1v) is 9.08. The summed E-state index contributed by atoms with van der Waals surface area (Å²) in [4.78, 5) is 46.7. The molecule has 0 aliphatic carbocycles. The minimum absolute atomic E-state index is 0.0552. The van der Waals surface area contributed by atoms with Crippen LogP contribution in [-0.4, -0.2) is 30.2 Å². The molecule has 0 saturated heterocycles. The molecule has 0 aromatic heterocycles. The molecule has 0 atom stereocenters. The number of hydrogen-bond donors (Lipinski definition) is 2. The minimum Gasteiger partial charge on any atom is -0.456 e. The normalized spacial score (nSPS) is 10.8. The Balaban J connectivity index is 1.75. The highest BCUT2D eigenvalue weighted by Gasteiger charge is 2.30. The number of ether oxygens (including phenoxy) is 1. The fourth-order valence-corrected chi connectivity index (χ4v) is 2.44. The van der Waals surface area contributed by atoms with Crippen LogP contribution in [0.2, 0.25) is 0 Å². The number of Topliss-reactive ketones (excluding diaryl/α,β-unsaturated/α-hetero) is 1. The van der Waals surface area contributed by atoms with Gasteiger partial charge in [-0.25, -0.2) is 0 Å². The van der Waals surface area contributed by atoms with Crippen LogP contribution in [0.1, 0.15) is 35.7 Å². The van der Waals surface area contributed by atoms with Crippen LogP contribution < -0.4 is 10.6 Å². The average molecular weight is 436 g/mol. The van der Waals surface area contributed by atoms with Gasteiger partial charge in [0, 0.05) is 23.4 Å². The summed E-state index contributed by atoms with van der Waals surface area (Å²) in [5.41, 5.74) is -0.208. The second-order valence-corrected chi connectivity index (χ2v) is 6.47. The molecule has 0 spiro atoms. The van der Waals surface area contributed by atoms with Gasteiger partial charge < -0.3 is 15.4 Å². The third-order valence-corrected chi connectivity index (χ3v) is 3.95. The fraction of sp³-hybridized carbons (Fsp3) is 0.238. The van der Waals surface area contributed by atoms with E-state index in [0.717, 1.165) is 18.2 Å². The molecule has 10 heteroatoms. The highest BCUT2D eigenvalue weighted by atomic mass is 19.4. The number of halogens is 3. The Morgan fingerprint density at radius 2 is 1.48 bits per heavy atom. The summed E-state index contributed by atoms with van der Waals surface area (Å²) >= 11 is 0. The van der Waals surface area contributed by atoms with E-state index >= 15 is 0 Å². The van der Waals surface area contributed by atoms with E-state index in [1.807, 2.05) is 0 Å². The molecule has 0 saturated carbocycles. The Labute approximate surface area is 175 Å². The van der Waals surface area contributed by atoms with Gasteiger partial charge in [0.15, 0.2) is 12.4 Å². The molecule has 2 amide bonds. The van der Waals surface area contributed by atoms with Crippen molar-refractivity contribution < 1.29 is 37.1 Å². The number of nitrogens with one attached hydrogen (secondary N) is 2. The van der Waals surface area contributed by atoms with E-state index in [4.69, 9.17) is 4.74 Å². The van der Waals surface area contributed by atoms with Crippen molar-refractivity contribution in [2.75, 3.05) is 17.2 Å². The third kappa shape index (κ3) is 7.92.